The fourth-order valence-electron chi connectivity index (χ4n) is 3.09. The van der Waals surface area contributed by atoms with Crippen molar-refractivity contribution in [3.05, 3.63) is 87.8 Å². The third-order valence-corrected chi connectivity index (χ3v) is 5.24. The Bertz CT molecular complexity index is 1320. The molecule has 0 aliphatic heterocycles. The molecule has 8 nitrogen and oxygen atoms in total. The van der Waals surface area contributed by atoms with Crippen molar-refractivity contribution in [2.45, 2.75) is 13.5 Å². The number of rotatable bonds is 10. The van der Waals surface area contributed by atoms with Crippen molar-refractivity contribution in [3.8, 4) is 23.3 Å². The number of furan rings is 1. The number of carbonyl (C=O) groups is 2. The zero-order chi connectivity index (χ0) is 25.9. The van der Waals surface area contributed by atoms with Crippen LogP contribution in [0.25, 0.3) is 12.2 Å². The highest BCUT2D eigenvalue weighted by molar-refractivity contribution is 9.10. The average molecular weight is 551 g/mol. The highest BCUT2D eigenvalue weighted by Gasteiger charge is 2.13. The number of benzene rings is 2. The van der Waals surface area contributed by atoms with Gasteiger partial charge in [-0.3, -0.25) is 4.79 Å². The van der Waals surface area contributed by atoms with Crippen molar-refractivity contribution in [2.75, 3.05) is 13.7 Å². The molecule has 0 saturated carbocycles. The third-order valence-electron chi connectivity index (χ3n) is 4.75. The van der Waals surface area contributed by atoms with Gasteiger partial charge < -0.3 is 23.9 Å². The van der Waals surface area contributed by atoms with Crippen molar-refractivity contribution in [1.82, 2.24) is 5.32 Å². The van der Waals surface area contributed by atoms with Crippen LogP contribution in [0.3, 0.4) is 0 Å². The molecule has 0 fully saturated rings. The minimum Gasteiger partial charge on any atom is -0.493 e. The lowest BCUT2D eigenvalue weighted by molar-refractivity contribution is -0.129. The summed E-state index contributed by atoms with van der Waals surface area (Å²) in [6, 6.07) is 15.5. The van der Waals surface area contributed by atoms with Crippen LogP contribution >= 0.6 is 15.9 Å². The van der Waals surface area contributed by atoms with E-state index in [2.05, 4.69) is 21.2 Å². The molecule has 9 heteroatoms. The predicted octanol–water partition coefficient (Wildman–Crippen LogP) is 5.29. The van der Waals surface area contributed by atoms with Crippen LogP contribution in [0.5, 0.6) is 17.2 Å². The van der Waals surface area contributed by atoms with Crippen LogP contribution in [0.15, 0.2) is 75.3 Å². The number of carbonyl (C=O) groups excluding carboxylic acids is 2. The monoisotopic (exact) mass is 550 g/mol. The number of methoxy groups -OCH3 is 1. The van der Waals surface area contributed by atoms with Crippen LogP contribution < -0.4 is 19.5 Å². The first kappa shape index (κ1) is 26.3. The molecule has 1 aromatic heterocycles. The van der Waals surface area contributed by atoms with Gasteiger partial charge in [0.1, 0.15) is 23.2 Å². The number of nitrogens with one attached hydrogen (secondary N) is 1. The highest BCUT2D eigenvalue weighted by Crippen LogP contribution is 2.30. The smallest absolute Gasteiger partial charge is 0.336 e. The van der Waals surface area contributed by atoms with Crippen LogP contribution in [0.4, 0.5) is 0 Å². The third kappa shape index (κ3) is 7.35. The minimum absolute atomic E-state index is 0.101. The summed E-state index contributed by atoms with van der Waals surface area (Å²) >= 11 is 3.41. The molecule has 3 rings (SSSR count). The van der Waals surface area contributed by atoms with Gasteiger partial charge in [0.2, 0.25) is 0 Å². The Balaban J connectivity index is 1.71. The minimum atomic E-state index is -0.617. The van der Waals surface area contributed by atoms with E-state index in [-0.39, 0.29) is 23.6 Å². The Morgan fingerprint density at radius 2 is 1.94 bits per heavy atom. The van der Waals surface area contributed by atoms with E-state index >= 15 is 0 Å². The molecule has 0 atom stereocenters. The molecule has 0 bridgehead atoms. The number of hydrogen-bond acceptors (Lipinski definition) is 7. The standard InChI is InChI=1S/C27H23BrN2O6/c1-3-34-23-10-8-21(28)15-19(23)7-11-26(31)36-24-9-6-18(14-25(24)33-2)13-20(16-29)27(32)30-17-22-5-4-12-35-22/h4-15H,3,17H2,1-2H3,(H,30,32)/b11-7+,20-13+. The van der Waals surface area contributed by atoms with E-state index in [1.165, 1.54) is 31.6 Å². The van der Waals surface area contributed by atoms with Gasteiger partial charge in [-0.15, -0.1) is 0 Å². The van der Waals surface area contributed by atoms with Gasteiger partial charge in [-0.25, -0.2) is 4.79 Å². The summed E-state index contributed by atoms with van der Waals surface area (Å²) < 4.78 is 22.3. The summed E-state index contributed by atoms with van der Waals surface area (Å²) in [5.41, 5.74) is 1.13. The van der Waals surface area contributed by atoms with Crippen LogP contribution in [-0.4, -0.2) is 25.6 Å². The molecule has 1 N–H and O–H groups in total. The van der Waals surface area contributed by atoms with Crippen molar-refractivity contribution >= 4 is 40.0 Å². The summed E-state index contributed by atoms with van der Waals surface area (Å²) in [5.74, 6) is 0.485. The van der Waals surface area contributed by atoms with Crippen LogP contribution in [-0.2, 0) is 16.1 Å². The summed E-state index contributed by atoms with van der Waals surface area (Å²) in [5, 5.41) is 12.0. The van der Waals surface area contributed by atoms with Gasteiger partial charge in [-0.1, -0.05) is 22.0 Å². The van der Waals surface area contributed by atoms with E-state index in [4.69, 9.17) is 18.6 Å². The van der Waals surface area contributed by atoms with Gasteiger partial charge >= 0.3 is 5.97 Å². The lowest BCUT2D eigenvalue weighted by atomic mass is 10.1. The quantitative estimate of drug-likeness (QED) is 0.158. The predicted molar refractivity (Wildman–Crippen MR) is 137 cm³/mol. The van der Waals surface area contributed by atoms with Crippen molar-refractivity contribution < 1.29 is 28.2 Å². The van der Waals surface area contributed by atoms with E-state index in [1.807, 2.05) is 25.1 Å². The molecular formula is C27H23BrN2O6. The van der Waals surface area contributed by atoms with Crippen molar-refractivity contribution in [1.29, 1.82) is 5.26 Å². The van der Waals surface area contributed by atoms with E-state index in [1.54, 1.807) is 36.4 Å². The Morgan fingerprint density at radius 3 is 2.64 bits per heavy atom. The molecule has 2 aromatic carbocycles. The van der Waals surface area contributed by atoms with E-state index in [0.29, 0.717) is 29.2 Å². The number of esters is 1. The normalized spacial score (nSPS) is 11.1. The molecular weight excluding hydrogens is 528 g/mol. The number of amides is 1. The summed E-state index contributed by atoms with van der Waals surface area (Å²) in [6.45, 7) is 2.52. The van der Waals surface area contributed by atoms with Crippen LogP contribution in [0, 0.1) is 11.3 Å². The topological polar surface area (TPSA) is 111 Å². The molecule has 1 heterocycles. The van der Waals surface area contributed by atoms with Crippen LogP contribution in [0.2, 0.25) is 0 Å². The molecule has 0 radical (unpaired) electrons. The number of halogens is 1. The maximum Gasteiger partial charge on any atom is 0.336 e. The Kier molecular flexibility index (Phi) is 9.48. The second-order valence-electron chi connectivity index (χ2n) is 7.21. The largest absolute Gasteiger partial charge is 0.493 e. The number of ether oxygens (including phenoxy) is 3. The van der Waals surface area contributed by atoms with E-state index in [9.17, 15) is 14.9 Å². The summed E-state index contributed by atoms with van der Waals surface area (Å²) in [6.07, 6.45) is 5.79. The second-order valence-corrected chi connectivity index (χ2v) is 8.13. The van der Waals surface area contributed by atoms with E-state index in [0.717, 1.165) is 4.47 Å². The van der Waals surface area contributed by atoms with Gasteiger partial charge in [0.05, 0.1) is 26.5 Å². The average Bonchev–Trinajstić information content (AvgIpc) is 3.40. The first-order chi connectivity index (χ1) is 17.4. The van der Waals surface area contributed by atoms with Gasteiger partial charge in [-0.05, 0) is 67.1 Å². The zero-order valence-electron chi connectivity index (χ0n) is 19.6. The Morgan fingerprint density at radius 1 is 1.14 bits per heavy atom. The zero-order valence-corrected chi connectivity index (χ0v) is 21.2. The Hall–Kier alpha value is -4.29. The molecule has 184 valence electrons. The van der Waals surface area contributed by atoms with Gasteiger partial charge in [0.15, 0.2) is 11.5 Å². The van der Waals surface area contributed by atoms with E-state index < -0.39 is 11.9 Å². The van der Waals surface area contributed by atoms with Crippen molar-refractivity contribution in [2.24, 2.45) is 0 Å². The maximum absolute atomic E-state index is 12.4. The number of nitrogens with zero attached hydrogens (tertiary/aromatic N) is 1. The SMILES string of the molecule is CCOc1ccc(Br)cc1/C=C/C(=O)Oc1ccc(/C=C(\C#N)C(=O)NCc2ccco2)cc1OC. The first-order valence-corrected chi connectivity index (χ1v) is 11.7. The second kappa shape index (κ2) is 13.0. The molecule has 36 heavy (non-hydrogen) atoms. The molecule has 3 aromatic rings. The number of hydrogen-bond donors (Lipinski definition) is 1. The number of nitriles is 1. The molecule has 0 spiro atoms. The Labute approximate surface area is 216 Å². The highest BCUT2D eigenvalue weighted by atomic mass is 79.9. The molecule has 0 unspecified atom stereocenters. The summed E-state index contributed by atoms with van der Waals surface area (Å²) in [7, 11) is 1.42. The fourth-order valence-corrected chi connectivity index (χ4v) is 3.46. The molecule has 0 saturated heterocycles. The van der Waals surface area contributed by atoms with Gasteiger partial charge in [0.25, 0.3) is 5.91 Å². The van der Waals surface area contributed by atoms with Gasteiger partial charge in [0, 0.05) is 16.1 Å². The van der Waals surface area contributed by atoms with Gasteiger partial charge in [-0.2, -0.15) is 5.26 Å². The lowest BCUT2D eigenvalue weighted by Gasteiger charge is -2.10. The fraction of sp³-hybridized carbons (Fsp3) is 0.148. The first-order valence-electron chi connectivity index (χ1n) is 10.9. The molecule has 1 amide bonds. The maximum atomic E-state index is 12.4. The lowest BCUT2D eigenvalue weighted by Crippen LogP contribution is -2.23. The van der Waals surface area contributed by atoms with Crippen LogP contribution in [0.1, 0.15) is 23.8 Å². The molecule has 0 aliphatic carbocycles. The molecule has 0 aliphatic rings. The van der Waals surface area contributed by atoms with Crippen molar-refractivity contribution in [3.63, 3.8) is 0 Å². The summed E-state index contributed by atoms with van der Waals surface area (Å²) in [4.78, 5) is 24.8.